The van der Waals surface area contributed by atoms with Crippen LogP contribution in [-0.4, -0.2) is 44.4 Å². The zero-order chi connectivity index (χ0) is 13.1. The molecule has 1 fully saturated rings. The molecule has 1 saturated heterocycles. The molecule has 0 saturated carbocycles. The van der Waals surface area contributed by atoms with Gasteiger partial charge in [0, 0.05) is 20.2 Å². The van der Waals surface area contributed by atoms with E-state index in [9.17, 15) is 4.79 Å². The van der Waals surface area contributed by atoms with Crippen LogP contribution in [0.1, 0.15) is 23.0 Å². The quantitative estimate of drug-likeness (QED) is 0.784. The van der Waals surface area contributed by atoms with E-state index < -0.39 is 0 Å². The second kappa shape index (κ2) is 5.67. The van der Waals surface area contributed by atoms with Crippen LogP contribution in [0.15, 0.2) is 6.20 Å². The van der Waals surface area contributed by atoms with Crippen LogP contribution in [0, 0.1) is 5.92 Å². The van der Waals surface area contributed by atoms with E-state index in [1.54, 1.807) is 13.3 Å². The van der Waals surface area contributed by atoms with E-state index in [0.717, 1.165) is 24.6 Å². The molecule has 2 rings (SSSR count). The first kappa shape index (κ1) is 13.3. The van der Waals surface area contributed by atoms with Gasteiger partial charge in [-0.1, -0.05) is 18.3 Å². The molecular formula is C12H18N2O3S. The van der Waals surface area contributed by atoms with E-state index in [-0.39, 0.29) is 12.1 Å². The van der Waals surface area contributed by atoms with Gasteiger partial charge in [0.25, 0.3) is 0 Å². The first-order chi connectivity index (χ1) is 8.65. The first-order valence-electron chi connectivity index (χ1n) is 5.97. The van der Waals surface area contributed by atoms with Gasteiger partial charge in [0.2, 0.25) is 0 Å². The second-order valence-electron chi connectivity index (χ2n) is 4.48. The van der Waals surface area contributed by atoms with Gasteiger partial charge in [0.1, 0.15) is 4.88 Å². The van der Waals surface area contributed by atoms with E-state index in [2.05, 4.69) is 21.5 Å². The second-order valence-corrected chi connectivity index (χ2v) is 5.49. The summed E-state index contributed by atoms with van der Waals surface area (Å²) in [6.07, 6.45) is 2.88. The molecule has 0 spiro atoms. The fourth-order valence-electron chi connectivity index (χ4n) is 2.12. The molecule has 1 aliphatic heterocycles. The molecule has 5 nitrogen and oxygen atoms in total. The standard InChI is InChI=1S/C12H18N2O3S/c1-8-4-5-14(7-9(8)16-2)12-13-6-10(18-12)11(15)17-3/h6,8-9H,4-5,7H2,1-3H3/t8-,9-/m1/s1. The third kappa shape index (κ3) is 2.64. The van der Waals surface area contributed by atoms with Crippen LogP contribution in [0.4, 0.5) is 5.13 Å². The Morgan fingerprint density at radius 2 is 2.33 bits per heavy atom. The topological polar surface area (TPSA) is 51.7 Å². The Hall–Kier alpha value is -1.14. The van der Waals surface area contributed by atoms with E-state index in [1.807, 2.05) is 0 Å². The monoisotopic (exact) mass is 270 g/mol. The number of carbonyl (C=O) groups is 1. The van der Waals surface area contributed by atoms with Gasteiger partial charge in [-0.25, -0.2) is 9.78 Å². The van der Waals surface area contributed by atoms with Crippen LogP contribution in [0.5, 0.6) is 0 Å². The summed E-state index contributed by atoms with van der Waals surface area (Å²) < 4.78 is 10.2. The summed E-state index contributed by atoms with van der Waals surface area (Å²) in [6, 6.07) is 0. The lowest BCUT2D eigenvalue weighted by Gasteiger charge is -2.35. The van der Waals surface area contributed by atoms with Gasteiger partial charge in [-0.05, 0) is 12.3 Å². The number of aromatic nitrogens is 1. The fourth-order valence-corrected chi connectivity index (χ4v) is 2.99. The Balaban J connectivity index is 2.07. The molecule has 0 radical (unpaired) electrons. The average molecular weight is 270 g/mol. The van der Waals surface area contributed by atoms with E-state index in [0.29, 0.717) is 10.8 Å². The lowest BCUT2D eigenvalue weighted by atomic mass is 9.96. The van der Waals surface area contributed by atoms with E-state index in [1.165, 1.54) is 18.4 Å². The minimum atomic E-state index is -0.326. The highest BCUT2D eigenvalue weighted by Gasteiger charge is 2.27. The van der Waals surface area contributed by atoms with Crippen molar-refractivity contribution in [2.75, 3.05) is 32.2 Å². The van der Waals surface area contributed by atoms with Crippen molar-refractivity contribution >= 4 is 22.4 Å². The summed E-state index contributed by atoms with van der Waals surface area (Å²) in [6.45, 7) is 3.98. The summed E-state index contributed by atoms with van der Waals surface area (Å²) >= 11 is 1.37. The maximum absolute atomic E-state index is 11.4. The molecule has 0 aliphatic carbocycles. The number of hydrogen-bond acceptors (Lipinski definition) is 6. The number of methoxy groups -OCH3 is 2. The Bertz CT molecular complexity index is 421. The third-order valence-corrected chi connectivity index (χ3v) is 4.38. The number of nitrogens with zero attached hydrogens (tertiary/aromatic N) is 2. The number of anilines is 1. The largest absolute Gasteiger partial charge is 0.465 e. The van der Waals surface area contributed by atoms with Crippen molar-refractivity contribution in [2.24, 2.45) is 5.92 Å². The fraction of sp³-hybridized carbons (Fsp3) is 0.667. The van der Waals surface area contributed by atoms with E-state index in [4.69, 9.17) is 4.74 Å². The van der Waals surface area contributed by atoms with Crippen molar-refractivity contribution in [3.8, 4) is 0 Å². The molecule has 100 valence electrons. The molecule has 0 aromatic carbocycles. The zero-order valence-electron chi connectivity index (χ0n) is 10.9. The first-order valence-corrected chi connectivity index (χ1v) is 6.79. The van der Waals surface area contributed by atoms with Crippen LogP contribution >= 0.6 is 11.3 Å². The van der Waals surface area contributed by atoms with Crippen LogP contribution in [0.25, 0.3) is 0 Å². The van der Waals surface area contributed by atoms with Gasteiger partial charge in [0.05, 0.1) is 19.4 Å². The van der Waals surface area contributed by atoms with Gasteiger partial charge in [0.15, 0.2) is 5.13 Å². The smallest absolute Gasteiger partial charge is 0.349 e. The number of hydrogen-bond donors (Lipinski definition) is 0. The molecule has 2 atom stereocenters. The van der Waals surface area contributed by atoms with Gasteiger partial charge < -0.3 is 14.4 Å². The number of thiazole rings is 1. The zero-order valence-corrected chi connectivity index (χ0v) is 11.7. The van der Waals surface area contributed by atoms with Crippen molar-refractivity contribution in [3.05, 3.63) is 11.1 Å². The van der Waals surface area contributed by atoms with Crippen molar-refractivity contribution < 1.29 is 14.3 Å². The number of esters is 1. The normalized spacial score (nSPS) is 24.1. The minimum Gasteiger partial charge on any atom is -0.465 e. The predicted octanol–water partition coefficient (Wildman–Crippen LogP) is 1.79. The van der Waals surface area contributed by atoms with Crippen molar-refractivity contribution in [3.63, 3.8) is 0 Å². The molecule has 1 aliphatic rings. The SMILES string of the molecule is COC(=O)c1cnc(N2CC[C@@H](C)[C@H](OC)C2)s1. The number of ether oxygens (including phenoxy) is 2. The van der Waals surface area contributed by atoms with Gasteiger partial charge in [-0.2, -0.15) is 0 Å². The number of carbonyl (C=O) groups excluding carboxylic acids is 1. The molecular weight excluding hydrogens is 252 g/mol. The maximum Gasteiger partial charge on any atom is 0.349 e. The van der Waals surface area contributed by atoms with E-state index >= 15 is 0 Å². The summed E-state index contributed by atoms with van der Waals surface area (Å²) in [7, 11) is 3.12. The molecule has 1 aromatic rings. The van der Waals surface area contributed by atoms with Gasteiger partial charge in [-0.3, -0.25) is 0 Å². The highest BCUT2D eigenvalue weighted by atomic mass is 32.1. The molecule has 2 heterocycles. The molecule has 18 heavy (non-hydrogen) atoms. The molecule has 0 bridgehead atoms. The summed E-state index contributed by atoms with van der Waals surface area (Å²) in [5.41, 5.74) is 0. The van der Waals surface area contributed by atoms with Crippen molar-refractivity contribution in [2.45, 2.75) is 19.4 Å². The lowest BCUT2D eigenvalue weighted by molar-refractivity contribution is 0.0498. The summed E-state index contributed by atoms with van der Waals surface area (Å²) in [5.74, 6) is 0.235. The number of rotatable bonds is 3. The molecule has 6 heteroatoms. The Labute approximate surface area is 111 Å². The molecule has 1 aromatic heterocycles. The van der Waals surface area contributed by atoms with Gasteiger partial charge in [-0.15, -0.1) is 0 Å². The number of piperidine rings is 1. The highest BCUT2D eigenvalue weighted by Crippen LogP contribution is 2.28. The minimum absolute atomic E-state index is 0.226. The lowest BCUT2D eigenvalue weighted by Crippen LogP contribution is -2.43. The van der Waals surface area contributed by atoms with Crippen LogP contribution in [-0.2, 0) is 9.47 Å². The van der Waals surface area contributed by atoms with Crippen molar-refractivity contribution in [1.29, 1.82) is 0 Å². The summed E-state index contributed by atoms with van der Waals surface area (Å²) in [5, 5.41) is 0.865. The highest BCUT2D eigenvalue weighted by molar-refractivity contribution is 7.17. The molecule has 0 amide bonds. The van der Waals surface area contributed by atoms with Crippen LogP contribution < -0.4 is 4.90 Å². The maximum atomic E-state index is 11.4. The van der Waals surface area contributed by atoms with Crippen molar-refractivity contribution in [1.82, 2.24) is 4.98 Å². The summed E-state index contributed by atoms with van der Waals surface area (Å²) in [4.78, 5) is 18.4. The molecule has 0 unspecified atom stereocenters. The van der Waals surface area contributed by atoms with Gasteiger partial charge >= 0.3 is 5.97 Å². The van der Waals surface area contributed by atoms with Crippen LogP contribution in [0.3, 0.4) is 0 Å². The average Bonchev–Trinajstić information content (AvgIpc) is 2.88. The Kier molecular flexibility index (Phi) is 4.19. The van der Waals surface area contributed by atoms with Crippen LogP contribution in [0.2, 0.25) is 0 Å². The molecule has 0 N–H and O–H groups in total. The third-order valence-electron chi connectivity index (χ3n) is 3.34. The predicted molar refractivity (Wildman–Crippen MR) is 70.2 cm³/mol. The Morgan fingerprint density at radius 3 is 3.00 bits per heavy atom. The Morgan fingerprint density at radius 1 is 1.56 bits per heavy atom.